The molecule has 0 N–H and O–H groups in total. The quantitative estimate of drug-likeness (QED) is 0.847. The van der Waals surface area contributed by atoms with Crippen molar-refractivity contribution < 1.29 is 4.39 Å². The fraction of sp³-hybridized carbons (Fsp3) is 0.611. The van der Waals surface area contributed by atoms with Crippen LogP contribution in [0.5, 0.6) is 0 Å². The number of fused-ring (bicyclic) bond motifs is 3. The van der Waals surface area contributed by atoms with E-state index in [1.807, 2.05) is 18.7 Å². The van der Waals surface area contributed by atoms with Gasteiger partial charge in [-0.15, -0.1) is 0 Å². The molecule has 2 aromatic rings. The first kappa shape index (κ1) is 14.8. The molecule has 23 heavy (non-hydrogen) atoms. The van der Waals surface area contributed by atoms with E-state index in [9.17, 15) is 0 Å². The largest absolute Gasteiger partial charge is 0.321 e. The second-order valence-corrected chi connectivity index (χ2v) is 7.88. The highest BCUT2D eigenvalue weighted by atomic mass is 19.1. The number of halogens is 1. The highest BCUT2D eigenvalue weighted by Crippen LogP contribution is 2.47. The lowest BCUT2D eigenvalue weighted by molar-refractivity contribution is 0.0429. The van der Waals surface area contributed by atoms with Gasteiger partial charge in [-0.05, 0) is 43.9 Å². The van der Waals surface area contributed by atoms with Crippen LogP contribution in [0.4, 0.5) is 4.39 Å². The van der Waals surface area contributed by atoms with E-state index in [2.05, 4.69) is 33.4 Å². The van der Waals surface area contributed by atoms with E-state index < -0.39 is 5.67 Å². The zero-order valence-corrected chi connectivity index (χ0v) is 13.8. The summed E-state index contributed by atoms with van der Waals surface area (Å²) in [7, 11) is 0. The van der Waals surface area contributed by atoms with Crippen LogP contribution < -0.4 is 0 Å². The van der Waals surface area contributed by atoms with Crippen LogP contribution in [0.1, 0.15) is 64.1 Å². The van der Waals surface area contributed by atoms with Gasteiger partial charge in [0.05, 0.1) is 30.0 Å². The third-order valence-corrected chi connectivity index (χ3v) is 5.70. The molecule has 4 rings (SSSR count). The van der Waals surface area contributed by atoms with Crippen molar-refractivity contribution in [3.05, 3.63) is 30.7 Å². The molecular formula is C18H23FN4. The summed E-state index contributed by atoms with van der Waals surface area (Å²) < 4.78 is 17.3. The fourth-order valence-electron chi connectivity index (χ4n) is 3.99. The van der Waals surface area contributed by atoms with Gasteiger partial charge >= 0.3 is 0 Å². The van der Waals surface area contributed by atoms with Crippen molar-refractivity contribution in [2.24, 2.45) is 5.41 Å². The van der Waals surface area contributed by atoms with E-state index in [0.29, 0.717) is 24.7 Å². The molecule has 1 unspecified atom stereocenters. The van der Waals surface area contributed by atoms with Crippen LogP contribution in [0, 0.1) is 5.41 Å². The Hall–Kier alpha value is -1.78. The number of imidazole rings is 1. The van der Waals surface area contributed by atoms with Gasteiger partial charge in [-0.2, -0.15) is 0 Å². The van der Waals surface area contributed by atoms with E-state index >= 15 is 4.39 Å². The van der Waals surface area contributed by atoms with E-state index in [-0.39, 0.29) is 6.04 Å². The number of alkyl halides is 1. The van der Waals surface area contributed by atoms with E-state index in [1.165, 1.54) is 0 Å². The minimum absolute atomic E-state index is 0.0908. The molecule has 1 aliphatic heterocycles. The van der Waals surface area contributed by atoms with Gasteiger partial charge in [-0.25, -0.2) is 19.3 Å². The molecule has 2 aliphatic rings. The summed E-state index contributed by atoms with van der Waals surface area (Å²) in [5.41, 5.74) is 2.36. The molecule has 0 aromatic carbocycles. The predicted molar refractivity (Wildman–Crippen MR) is 86.7 cm³/mol. The molecule has 4 nitrogen and oxygen atoms in total. The van der Waals surface area contributed by atoms with Crippen molar-refractivity contribution in [3.63, 3.8) is 0 Å². The molecule has 1 atom stereocenters. The first-order chi connectivity index (χ1) is 11.0. The Balaban J connectivity index is 1.52. The minimum Gasteiger partial charge on any atom is -0.321 e. The van der Waals surface area contributed by atoms with Crippen molar-refractivity contribution in [2.45, 2.75) is 64.1 Å². The Kier molecular flexibility index (Phi) is 3.29. The smallest absolute Gasteiger partial charge is 0.115 e. The first-order valence-electron chi connectivity index (χ1n) is 8.49. The normalized spacial score (nSPS) is 24.2. The number of rotatable bonds is 3. The summed E-state index contributed by atoms with van der Waals surface area (Å²) >= 11 is 0. The van der Waals surface area contributed by atoms with Crippen LogP contribution >= 0.6 is 0 Å². The summed E-state index contributed by atoms with van der Waals surface area (Å²) in [5.74, 6) is 0. The molecule has 5 heteroatoms. The molecule has 3 heterocycles. The lowest BCUT2D eigenvalue weighted by Gasteiger charge is -2.39. The zero-order chi connectivity index (χ0) is 16.1. The van der Waals surface area contributed by atoms with Gasteiger partial charge in [0.2, 0.25) is 0 Å². The van der Waals surface area contributed by atoms with Crippen LogP contribution in [0.15, 0.2) is 25.0 Å². The van der Waals surface area contributed by atoms with Crippen molar-refractivity contribution in [2.75, 3.05) is 0 Å². The molecular weight excluding hydrogens is 291 g/mol. The number of hydrogen-bond donors (Lipinski definition) is 0. The van der Waals surface area contributed by atoms with Crippen molar-refractivity contribution >= 4 is 0 Å². The summed E-state index contributed by atoms with van der Waals surface area (Å²) in [4.78, 5) is 12.8. The fourth-order valence-corrected chi connectivity index (χ4v) is 3.99. The van der Waals surface area contributed by atoms with Crippen molar-refractivity contribution in [1.29, 1.82) is 0 Å². The monoisotopic (exact) mass is 314 g/mol. The standard InChI is InChI=1S/C18H23FN4/c1-17(2)5-7-18(19,8-6-17)4-3-14-16-13(9-20-11-22-16)15-10-21-12-23(14)15/h9-12,14H,3-8H2,1-2H3. The maximum Gasteiger partial charge on any atom is 0.115 e. The van der Waals surface area contributed by atoms with E-state index in [4.69, 9.17) is 0 Å². The van der Waals surface area contributed by atoms with Gasteiger partial charge in [-0.1, -0.05) is 13.8 Å². The van der Waals surface area contributed by atoms with Gasteiger partial charge in [0.25, 0.3) is 0 Å². The Morgan fingerprint density at radius 3 is 2.74 bits per heavy atom. The topological polar surface area (TPSA) is 43.6 Å². The van der Waals surface area contributed by atoms with Gasteiger partial charge in [-0.3, -0.25) is 0 Å². The Labute approximate surface area is 136 Å². The summed E-state index contributed by atoms with van der Waals surface area (Å²) in [5, 5.41) is 0. The van der Waals surface area contributed by atoms with Crippen LogP contribution in [-0.2, 0) is 0 Å². The Bertz CT molecular complexity index is 711. The first-order valence-corrected chi connectivity index (χ1v) is 8.49. The molecule has 0 spiro atoms. The highest BCUT2D eigenvalue weighted by Gasteiger charge is 2.40. The summed E-state index contributed by atoms with van der Waals surface area (Å²) in [6.45, 7) is 4.49. The maximum absolute atomic E-state index is 15.2. The average Bonchev–Trinajstić information content (AvgIpc) is 3.10. The second kappa shape index (κ2) is 5.11. The van der Waals surface area contributed by atoms with Crippen LogP contribution in [-0.4, -0.2) is 25.2 Å². The third-order valence-electron chi connectivity index (χ3n) is 5.70. The number of nitrogens with zero attached hydrogens (tertiary/aromatic N) is 4. The predicted octanol–water partition coefficient (Wildman–Crippen LogP) is 4.33. The molecule has 0 amide bonds. The molecule has 122 valence electrons. The SMILES string of the molecule is CC1(C)CCC(F)(CCC2c3ncncc3-c3cncn32)CC1. The Morgan fingerprint density at radius 1 is 1.17 bits per heavy atom. The average molecular weight is 314 g/mol. The molecule has 1 saturated carbocycles. The molecule has 1 aliphatic carbocycles. The number of hydrogen-bond acceptors (Lipinski definition) is 3. The van der Waals surface area contributed by atoms with E-state index in [0.717, 1.165) is 36.2 Å². The lowest BCUT2D eigenvalue weighted by atomic mass is 9.70. The zero-order valence-electron chi connectivity index (χ0n) is 13.8. The Morgan fingerprint density at radius 2 is 1.96 bits per heavy atom. The van der Waals surface area contributed by atoms with Crippen LogP contribution in [0.3, 0.4) is 0 Å². The van der Waals surface area contributed by atoms with Gasteiger partial charge < -0.3 is 4.57 Å². The van der Waals surface area contributed by atoms with E-state index in [1.54, 1.807) is 6.33 Å². The van der Waals surface area contributed by atoms with Crippen LogP contribution in [0.2, 0.25) is 0 Å². The molecule has 1 fully saturated rings. The van der Waals surface area contributed by atoms with Crippen molar-refractivity contribution in [1.82, 2.24) is 19.5 Å². The van der Waals surface area contributed by atoms with Gasteiger partial charge in [0.15, 0.2) is 0 Å². The number of aromatic nitrogens is 4. The maximum atomic E-state index is 15.2. The third kappa shape index (κ3) is 2.56. The lowest BCUT2D eigenvalue weighted by Crippen LogP contribution is -2.33. The highest BCUT2D eigenvalue weighted by molar-refractivity contribution is 5.65. The molecule has 2 aromatic heterocycles. The molecule has 0 bridgehead atoms. The molecule has 0 saturated heterocycles. The molecule has 0 radical (unpaired) electrons. The van der Waals surface area contributed by atoms with Crippen molar-refractivity contribution in [3.8, 4) is 11.3 Å². The van der Waals surface area contributed by atoms with Gasteiger partial charge in [0.1, 0.15) is 12.0 Å². The second-order valence-electron chi connectivity index (χ2n) is 7.88. The van der Waals surface area contributed by atoms with Crippen LogP contribution in [0.25, 0.3) is 11.3 Å². The summed E-state index contributed by atoms with van der Waals surface area (Å²) in [6.07, 6.45) is 11.8. The van der Waals surface area contributed by atoms with Gasteiger partial charge in [0, 0.05) is 11.8 Å². The minimum atomic E-state index is -1.02. The summed E-state index contributed by atoms with van der Waals surface area (Å²) in [6, 6.07) is 0.0908.